The van der Waals surface area contributed by atoms with Gasteiger partial charge >= 0.3 is 5.97 Å². The van der Waals surface area contributed by atoms with Crippen LogP contribution in [0.2, 0.25) is 0 Å². The van der Waals surface area contributed by atoms with Crippen LogP contribution in [0.25, 0.3) is 0 Å². The number of aliphatic hydroxyl groups is 1. The van der Waals surface area contributed by atoms with Crippen molar-refractivity contribution in [1.29, 1.82) is 0 Å². The molecule has 1 aromatic rings. The molecule has 0 bridgehead atoms. The summed E-state index contributed by atoms with van der Waals surface area (Å²) in [5.74, 6) is 0.687. The third-order valence-electron chi connectivity index (χ3n) is 8.75. The van der Waals surface area contributed by atoms with E-state index in [2.05, 4.69) is 4.90 Å². The van der Waals surface area contributed by atoms with E-state index >= 15 is 0 Å². The van der Waals surface area contributed by atoms with Gasteiger partial charge in [-0.2, -0.15) is 0 Å². The van der Waals surface area contributed by atoms with Gasteiger partial charge in [-0.05, 0) is 68.8 Å². The fourth-order valence-electron chi connectivity index (χ4n) is 7.59. The van der Waals surface area contributed by atoms with Crippen LogP contribution in [0, 0.1) is 17.3 Å². The minimum atomic E-state index is -0.546. The first kappa shape index (κ1) is 21.0. The van der Waals surface area contributed by atoms with Gasteiger partial charge in [-0.3, -0.25) is 14.5 Å². The first-order valence-corrected chi connectivity index (χ1v) is 11.7. The molecule has 1 aromatic carbocycles. The average Bonchev–Trinajstić information content (AvgIpc) is 3.31. The number of benzene rings is 1. The number of nitrogens with zero attached hydrogens (tertiary/aromatic N) is 1. The summed E-state index contributed by atoms with van der Waals surface area (Å²) < 4.78 is 11.3. The Morgan fingerprint density at radius 2 is 1.90 bits per heavy atom. The Morgan fingerprint density at radius 3 is 2.61 bits per heavy atom. The molecule has 5 rings (SSSR count). The Morgan fingerprint density at radius 1 is 1.19 bits per heavy atom. The number of carbonyl (C=O) groups excluding carboxylic acids is 2. The fourth-order valence-corrected chi connectivity index (χ4v) is 7.59. The Kier molecular flexibility index (Phi) is 5.13. The molecule has 4 fully saturated rings. The first-order valence-electron chi connectivity index (χ1n) is 11.7. The van der Waals surface area contributed by atoms with Crippen LogP contribution in [-0.2, 0) is 20.7 Å². The molecular formula is C25H33NO5. The average molecular weight is 428 g/mol. The molecule has 2 aliphatic carbocycles. The number of ether oxygens (including phenoxy) is 2. The third-order valence-corrected chi connectivity index (χ3v) is 8.75. The van der Waals surface area contributed by atoms with Crippen molar-refractivity contribution in [3.05, 3.63) is 29.8 Å². The van der Waals surface area contributed by atoms with E-state index in [1.165, 1.54) is 0 Å². The smallest absolute Gasteiger partial charge is 0.310 e. The minimum Gasteiger partial charge on any atom is -0.497 e. The lowest BCUT2D eigenvalue weighted by molar-refractivity contribution is -0.200. The van der Waals surface area contributed by atoms with E-state index in [9.17, 15) is 14.7 Å². The molecule has 2 saturated heterocycles. The van der Waals surface area contributed by atoms with Crippen LogP contribution in [0.3, 0.4) is 0 Å². The van der Waals surface area contributed by atoms with E-state index in [-0.39, 0.29) is 36.1 Å². The van der Waals surface area contributed by atoms with Crippen LogP contribution >= 0.6 is 0 Å². The number of esters is 1. The van der Waals surface area contributed by atoms with Crippen molar-refractivity contribution in [2.45, 2.75) is 69.6 Å². The van der Waals surface area contributed by atoms with Crippen LogP contribution in [0.15, 0.2) is 24.3 Å². The molecule has 0 radical (unpaired) electrons. The van der Waals surface area contributed by atoms with Crippen molar-refractivity contribution >= 4 is 11.8 Å². The van der Waals surface area contributed by atoms with Gasteiger partial charge in [0.15, 0.2) is 5.78 Å². The number of rotatable bonds is 4. The highest BCUT2D eigenvalue weighted by Crippen LogP contribution is 2.66. The van der Waals surface area contributed by atoms with Crippen molar-refractivity contribution in [3.63, 3.8) is 0 Å². The Labute approximate surface area is 183 Å². The van der Waals surface area contributed by atoms with Gasteiger partial charge < -0.3 is 14.6 Å². The van der Waals surface area contributed by atoms with Crippen molar-refractivity contribution in [3.8, 4) is 5.75 Å². The SMILES string of the molecule is COc1ccc(CC(=O)O[C@@H]2[C@H]3CC(=O)[C@]45CCCN4CCC[C@]35[C@H](O)C[C@@H]2C)cc1. The second-order valence-corrected chi connectivity index (χ2v) is 10.0. The standard InChI is InChI=1S/C25H33NO5/c1-16-13-20(27)24-9-3-11-26-12-4-10-25(24,26)21(28)15-19(24)23(16)31-22(29)14-17-5-7-18(30-2)8-6-17/h5-8,16,19-20,23,27H,3-4,9-15H2,1-2H3/t16-,19+,20+,23-,24+,25-/m0/s1. The predicted octanol–water partition coefficient (Wildman–Crippen LogP) is 2.75. The molecule has 2 aliphatic heterocycles. The summed E-state index contributed by atoms with van der Waals surface area (Å²) >= 11 is 0. The second kappa shape index (κ2) is 7.59. The molecule has 0 unspecified atom stereocenters. The fraction of sp³-hybridized carbons (Fsp3) is 0.680. The molecule has 31 heavy (non-hydrogen) atoms. The molecule has 1 N–H and O–H groups in total. The van der Waals surface area contributed by atoms with Crippen LogP contribution in [0.4, 0.5) is 0 Å². The van der Waals surface area contributed by atoms with Gasteiger partial charge in [0.25, 0.3) is 0 Å². The van der Waals surface area contributed by atoms with E-state index in [0.29, 0.717) is 12.8 Å². The summed E-state index contributed by atoms with van der Waals surface area (Å²) in [4.78, 5) is 28.8. The maximum atomic E-state index is 13.5. The molecular weight excluding hydrogens is 394 g/mol. The second-order valence-electron chi connectivity index (χ2n) is 10.0. The van der Waals surface area contributed by atoms with Gasteiger partial charge in [-0.1, -0.05) is 19.1 Å². The maximum absolute atomic E-state index is 13.5. The lowest BCUT2D eigenvalue weighted by Gasteiger charge is -2.59. The normalized spacial score (nSPS) is 39.5. The number of aliphatic hydroxyl groups excluding tert-OH is 1. The number of methoxy groups -OCH3 is 1. The van der Waals surface area contributed by atoms with Crippen LogP contribution in [0.1, 0.15) is 51.0 Å². The van der Waals surface area contributed by atoms with Crippen LogP contribution in [0.5, 0.6) is 5.75 Å². The van der Waals surface area contributed by atoms with E-state index in [1.54, 1.807) is 7.11 Å². The Hall–Kier alpha value is -1.92. The summed E-state index contributed by atoms with van der Waals surface area (Å²) in [6.45, 7) is 3.92. The van der Waals surface area contributed by atoms with Gasteiger partial charge in [0, 0.05) is 17.8 Å². The number of Topliss-reactive ketones (excluding diaryl/α,β-unsaturated/α-hetero) is 1. The zero-order chi connectivity index (χ0) is 21.8. The summed E-state index contributed by atoms with van der Waals surface area (Å²) in [6, 6.07) is 7.43. The van der Waals surface area contributed by atoms with Gasteiger partial charge in [0.05, 0.1) is 25.2 Å². The molecule has 0 aromatic heterocycles. The summed E-state index contributed by atoms with van der Waals surface area (Å²) in [6.07, 6.45) is 4.03. The molecule has 6 heteroatoms. The summed E-state index contributed by atoms with van der Waals surface area (Å²) in [5.41, 5.74) is -0.144. The van der Waals surface area contributed by atoms with E-state index in [1.807, 2.05) is 31.2 Å². The number of hydrogen-bond acceptors (Lipinski definition) is 6. The van der Waals surface area contributed by atoms with Crippen molar-refractivity contribution in [1.82, 2.24) is 4.90 Å². The third kappa shape index (κ3) is 2.91. The van der Waals surface area contributed by atoms with E-state index in [0.717, 1.165) is 50.1 Å². The molecule has 2 spiro atoms. The number of hydrogen-bond donors (Lipinski definition) is 1. The van der Waals surface area contributed by atoms with Crippen molar-refractivity contribution in [2.24, 2.45) is 17.3 Å². The van der Waals surface area contributed by atoms with E-state index < -0.39 is 17.1 Å². The van der Waals surface area contributed by atoms with Crippen LogP contribution < -0.4 is 4.74 Å². The molecule has 2 saturated carbocycles. The molecule has 168 valence electrons. The monoisotopic (exact) mass is 427 g/mol. The van der Waals surface area contributed by atoms with Crippen molar-refractivity contribution < 1.29 is 24.2 Å². The number of ketones is 1. The lowest BCUT2D eigenvalue weighted by atomic mass is 9.52. The number of carbonyl (C=O) groups is 2. The lowest BCUT2D eigenvalue weighted by Crippen LogP contribution is -2.69. The van der Waals surface area contributed by atoms with Crippen molar-refractivity contribution in [2.75, 3.05) is 20.2 Å². The van der Waals surface area contributed by atoms with Gasteiger partial charge in [0.2, 0.25) is 0 Å². The highest BCUT2D eigenvalue weighted by Gasteiger charge is 2.75. The highest BCUT2D eigenvalue weighted by atomic mass is 16.5. The van der Waals surface area contributed by atoms with Gasteiger partial charge in [0.1, 0.15) is 11.9 Å². The van der Waals surface area contributed by atoms with Gasteiger partial charge in [-0.15, -0.1) is 0 Å². The predicted molar refractivity (Wildman–Crippen MR) is 115 cm³/mol. The molecule has 6 nitrogen and oxygen atoms in total. The Bertz CT molecular complexity index is 869. The summed E-state index contributed by atoms with van der Waals surface area (Å²) in [7, 11) is 1.62. The molecule has 0 amide bonds. The quantitative estimate of drug-likeness (QED) is 0.745. The molecule has 6 atom stereocenters. The van der Waals surface area contributed by atoms with E-state index in [4.69, 9.17) is 9.47 Å². The molecule has 2 heterocycles. The maximum Gasteiger partial charge on any atom is 0.310 e. The van der Waals surface area contributed by atoms with Gasteiger partial charge in [-0.25, -0.2) is 0 Å². The molecule has 4 aliphatic rings. The Balaban J connectivity index is 1.41. The summed E-state index contributed by atoms with van der Waals surface area (Å²) in [5, 5.41) is 11.4. The number of piperidine rings is 1. The zero-order valence-corrected chi connectivity index (χ0v) is 18.5. The minimum absolute atomic E-state index is 0.0326. The zero-order valence-electron chi connectivity index (χ0n) is 18.5. The van der Waals surface area contributed by atoms with Crippen LogP contribution in [-0.4, -0.2) is 59.7 Å². The first-order chi connectivity index (χ1) is 14.9. The largest absolute Gasteiger partial charge is 0.497 e. The highest BCUT2D eigenvalue weighted by molar-refractivity contribution is 5.93. The topological polar surface area (TPSA) is 76.1 Å².